The Morgan fingerprint density at radius 3 is 2.86 bits per heavy atom. The maximum absolute atomic E-state index is 13.6. The largest absolute Gasteiger partial charge is 0.505 e. The number of rotatable bonds is 2. The first-order chi connectivity index (χ1) is 10.0. The molecule has 0 saturated heterocycles. The maximum atomic E-state index is 13.6. The highest BCUT2D eigenvalue weighted by Crippen LogP contribution is 2.38. The number of ether oxygens (including phenoxy) is 1. The van der Waals surface area contributed by atoms with Crippen molar-refractivity contribution in [1.82, 2.24) is 0 Å². The molecular formula is C15H13FNO3S. The molecule has 3 rings (SSSR count). The molecular weight excluding hydrogens is 293 g/mol. The topological polar surface area (TPSA) is 49.8 Å². The van der Waals surface area contributed by atoms with Gasteiger partial charge in [0.15, 0.2) is 16.6 Å². The number of halogens is 1. The van der Waals surface area contributed by atoms with Gasteiger partial charge in [-0.25, -0.2) is 4.39 Å². The number of carbonyl (C=O) groups is 1. The van der Waals surface area contributed by atoms with Crippen molar-refractivity contribution in [2.24, 2.45) is 0 Å². The zero-order valence-corrected chi connectivity index (χ0v) is 12.3. The highest BCUT2D eigenvalue weighted by Gasteiger charge is 2.33. The summed E-state index contributed by atoms with van der Waals surface area (Å²) in [6, 6.07) is 3.98. The van der Waals surface area contributed by atoms with E-state index in [-0.39, 0.29) is 11.9 Å². The Hall–Kier alpha value is -2.08. The van der Waals surface area contributed by atoms with Crippen LogP contribution in [0.2, 0.25) is 0 Å². The van der Waals surface area contributed by atoms with E-state index in [1.807, 2.05) is 13.3 Å². The van der Waals surface area contributed by atoms with Gasteiger partial charge in [0.2, 0.25) is 0 Å². The Labute approximate surface area is 125 Å². The van der Waals surface area contributed by atoms with E-state index in [0.717, 1.165) is 0 Å². The Morgan fingerprint density at radius 1 is 1.43 bits per heavy atom. The first kappa shape index (κ1) is 13.9. The molecule has 1 N–H and O–H groups in total. The number of methoxy groups -OCH3 is 1. The molecule has 4 nitrogen and oxygen atoms in total. The van der Waals surface area contributed by atoms with Crippen molar-refractivity contribution in [3.63, 3.8) is 0 Å². The van der Waals surface area contributed by atoms with Crippen molar-refractivity contribution in [2.75, 3.05) is 12.0 Å². The van der Waals surface area contributed by atoms with Gasteiger partial charge in [0.05, 0.1) is 18.4 Å². The van der Waals surface area contributed by atoms with Crippen LogP contribution in [-0.4, -0.2) is 24.2 Å². The van der Waals surface area contributed by atoms with Gasteiger partial charge in [-0.2, -0.15) is 0 Å². The second-order valence-corrected chi connectivity index (χ2v) is 5.68. The molecule has 0 saturated carbocycles. The number of fused-ring (bicyclic) bond motifs is 1. The zero-order valence-electron chi connectivity index (χ0n) is 11.5. The van der Waals surface area contributed by atoms with Gasteiger partial charge in [0, 0.05) is 30.0 Å². The Kier molecular flexibility index (Phi) is 3.33. The molecule has 0 spiro atoms. The monoisotopic (exact) mass is 306 g/mol. The molecule has 6 heteroatoms. The molecule has 109 valence electrons. The van der Waals surface area contributed by atoms with Gasteiger partial charge in [-0.1, -0.05) is 0 Å². The van der Waals surface area contributed by atoms with Crippen LogP contribution in [0.1, 0.15) is 22.8 Å². The molecule has 1 amide bonds. The number of hydrogen-bond donors (Lipinski definition) is 1. The Morgan fingerprint density at radius 2 is 2.19 bits per heavy atom. The average molecular weight is 306 g/mol. The Balaban J connectivity index is 2.00. The van der Waals surface area contributed by atoms with Gasteiger partial charge in [0.25, 0.3) is 5.91 Å². The molecule has 1 radical (unpaired) electrons. The summed E-state index contributed by atoms with van der Waals surface area (Å²) in [6.07, 6.45) is 1.82. The number of thiophene rings is 1. The van der Waals surface area contributed by atoms with E-state index in [0.29, 0.717) is 21.9 Å². The second-order valence-electron chi connectivity index (χ2n) is 4.80. The van der Waals surface area contributed by atoms with Crippen LogP contribution in [0, 0.1) is 12.2 Å². The van der Waals surface area contributed by atoms with E-state index >= 15 is 0 Å². The van der Waals surface area contributed by atoms with Crippen molar-refractivity contribution in [2.45, 2.75) is 13.0 Å². The van der Waals surface area contributed by atoms with Crippen molar-refractivity contribution < 1.29 is 19.0 Å². The molecule has 1 unspecified atom stereocenters. The molecule has 21 heavy (non-hydrogen) atoms. The van der Waals surface area contributed by atoms with Crippen LogP contribution >= 0.6 is 11.3 Å². The highest BCUT2D eigenvalue weighted by molar-refractivity contribution is 7.12. The molecule has 1 aliphatic rings. The van der Waals surface area contributed by atoms with Crippen molar-refractivity contribution in [3.05, 3.63) is 46.9 Å². The lowest BCUT2D eigenvalue weighted by Gasteiger charge is -2.22. The van der Waals surface area contributed by atoms with Crippen LogP contribution in [0.4, 0.5) is 10.1 Å². The third kappa shape index (κ3) is 2.25. The molecule has 1 aromatic carbocycles. The SMILES string of the molecule is COc1cc(C(=O)N2c3cc(F)c(O)cc3[CH]C2C)cs1. The molecule has 1 aromatic heterocycles. The van der Waals surface area contributed by atoms with E-state index in [4.69, 9.17) is 4.74 Å². The van der Waals surface area contributed by atoms with Crippen molar-refractivity contribution >= 4 is 22.9 Å². The molecule has 0 aliphatic carbocycles. The number of phenolic OH excluding ortho intramolecular Hbond substituents is 1. The predicted octanol–water partition coefficient (Wildman–Crippen LogP) is 3.20. The summed E-state index contributed by atoms with van der Waals surface area (Å²) in [5.41, 5.74) is 1.61. The van der Waals surface area contributed by atoms with E-state index in [9.17, 15) is 14.3 Å². The number of carbonyl (C=O) groups excluding carboxylic acids is 1. The minimum Gasteiger partial charge on any atom is -0.505 e. The van der Waals surface area contributed by atoms with Crippen LogP contribution in [0.3, 0.4) is 0 Å². The van der Waals surface area contributed by atoms with Gasteiger partial charge in [0.1, 0.15) is 0 Å². The number of amides is 1. The summed E-state index contributed by atoms with van der Waals surface area (Å²) in [6.45, 7) is 1.84. The van der Waals surface area contributed by atoms with E-state index < -0.39 is 11.6 Å². The van der Waals surface area contributed by atoms with E-state index in [1.54, 1.807) is 18.6 Å². The summed E-state index contributed by atoms with van der Waals surface area (Å²) in [4.78, 5) is 14.1. The predicted molar refractivity (Wildman–Crippen MR) is 78.6 cm³/mol. The van der Waals surface area contributed by atoms with Crippen molar-refractivity contribution in [3.8, 4) is 10.8 Å². The van der Waals surface area contributed by atoms with Crippen LogP contribution in [0.25, 0.3) is 0 Å². The fourth-order valence-electron chi connectivity index (χ4n) is 2.43. The summed E-state index contributed by atoms with van der Waals surface area (Å²) in [5.74, 6) is -1.37. The van der Waals surface area contributed by atoms with Crippen LogP contribution in [0.5, 0.6) is 10.8 Å². The standard InChI is InChI=1S/C15H13FNO3S/c1-8-3-9-4-13(18)11(16)6-12(9)17(8)15(19)10-5-14(20-2)21-7-10/h3-8,18H,1-2H3. The first-order valence-electron chi connectivity index (χ1n) is 6.34. The third-order valence-electron chi connectivity index (χ3n) is 3.43. The Bertz CT molecular complexity index is 713. The number of phenols is 1. The summed E-state index contributed by atoms with van der Waals surface area (Å²) < 4.78 is 18.7. The lowest BCUT2D eigenvalue weighted by atomic mass is 10.1. The average Bonchev–Trinajstić information content (AvgIpc) is 3.03. The lowest BCUT2D eigenvalue weighted by Crippen LogP contribution is -2.35. The summed E-state index contributed by atoms with van der Waals surface area (Å²) >= 11 is 1.33. The fraction of sp³-hybridized carbons (Fsp3) is 0.200. The second kappa shape index (κ2) is 5.04. The normalized spacial score (nSPS) is 16.9. The zero-order chi connectivity index (χ0) is 15.1. The highest BCUT2D eigenvalue weighted by atomic mass is 32.1. The van der Waals surface area contributed by atoms with Gasteiger partial charge in [-0.3, -0.25) is 4.79 Å². The first-order valence-corrected chi connectivity index (χ1v) is 7.22. The van der Waals surface area contributed by atoms with Crippen LogP contribution in [-0.2, 0) is 0 Å². The molecule has 1 aliphatic heterocycles. The quantitative estimate of drug-likeness (QED) is 0.927. The molecule has 2 aromatic rings. The third-order valence-corrected chi connectivity index (χ3v) is 4.31. The molecule has 0 bridgehead atoms. The number of nitrogens with zero attached hydrogens (tertiary/aromatic N) is 1. The van der Waals surface area contributed by atoms with E-state index in [1.165, 1.54) is 28.4 Å². The molecule has 1 atom stereocenters. The minimum atomic E-state index is -0.739. The maximum Gasteiger partial charge on any atom is 0.259 e. The number of hydrogen-bond acceptors (Lipinski definition) is 4. The number of anilines is 1. The minimum absolute atomic E-state index is 0.209. The van der Waals surface area contributed by atoms with Crippen LogP contribution < -0.4 is 9.64 Å². The summed E-state index contributed by atoms with van der Waals surface area (Å²) in [5, 5.41) is 11.8. The van der Waals surface area contributed by atoms with Gasteiger partial charge < -0.3 is 14.7 Å². The summed E-state index contributed by atoms with van der Waals surface area (Å²) in [7, 11) is 1.54. The number of benzene rings is 1. The smallest absolute Gasteiger partial charge is 0.259 e. The van der Waals surface area contributed by atoms with Gasteiger partial charge >= 0.3 is 0 Å². The van der Waals surface area contributed by atoms with E-state index in [2.05, 4.69) is 0 Å². The number of aromatic hydroxyl groups is 1. The molecule has 2 heterocycles. The molecule has 0 fully saturated rings. The van der Waals surface area contributed by atoms with Crippen LogP contribution in [0.15, 0.2) is 23.6 Å². The lowest BCUT2D eigenvalue weighted by molar-refractivity contribution is 0.0984. The fourth-order valence-corrected chi connectivity index (χ4v) is 3.14. The van der Waals surface area contributed by atoms with Gasteiger partial charge in [-0.15, -0.1) is 11.3 Å². The van der Waals surface area contributed by atoms with Gasteiger partial charge in [-0.05, 0) is 18.6 Å². The van der Waals surface area contributed by atoms with Crippen molar-refractivity contribution in [1.29, 1.82) is 0 Å².